The van der Waals surface area contributed by atoms with Gasteiger partial charge in [0.25, 0.3) is 0 Å². The first-order valence-corrected chi connectivity index (χ1v) is 3.87. The average molecular weight is 186 g/mol. The van der Waals surface area contributed by atoms with E-state index < -0.39 is 0 Å². The fraction of sp³-hybridized carbons (Fsp3) is 0.333. The molecule has 0 fully saturated rings. The molecule has 2 nitrogen and oxygen atoms in total. The number of benzene rings is 1. The molecule has 12 heavy (non-hydrogen) atoms. The van der Waals surface area contributed by atoms with Gasteiger partial charge in [0.05, 0.1) is 6.61 Å². The Kier molecular flexibility index (Phi) is 2.82. The number of fused-ring (bicyclic) bond motifs is 1. The summed E-state index contributed by atoms with van der Waals surface area (Å²) < 4.78 is 5.42. The Labute approximate surface area is 78.1 Å². The van der Waals surface area contributed by atoms with Crippen molar-refractivity contribution in [3.05, 3.63) is 23.8 Å². The molecule has 0 radical (unpaired) electrons. The SMILES string of the molecule is Cl.Nc1ccc2c(c1)OCCC2. The summed E-state index contributed by atoms with van der Waals surface area (Å²) in [6, 6.07) is 5.87. The van der Waals surface area contributed by atoms with E-state index in [0.717, 1.165) is 30.9 Å². The van der Waals surface area contributed by atoms with Gasteiger partial charge in [-0.25, -0.2) is 0 Å². The van der Waals surface area contributed by atoms with Crippen LogP contribution in [-0.4, -0.2) is 6.61 Å². The zero-order valence-corrected chi connectivity index (χ0v) is 7.56. The van der Waals surface area contributed by atoms with Crippen molar-refractivity contribution in [3.8, 4) is 5.75 Å². The number of halogens is 1. The summed E-state index contributed by atoms with van der Waals surface area (Å²) in [6.07, 6.45) is 2.24. The van der Waals surface area contributed by atoms with E-state index in [1.54, 1.807) is 0 Å². The maximum atomic E-state index is 5.60. The van der Waals surface area contributed by atoms with Gasteiger partial charge < -0.3 is 10.5 Å². The van der Waals surface area contributed by atoms with Crippen LogP contribution in [-0.2, 0) is 6.42 Å². The van der Waals surface area contributed by atoms with Crippen molar-refractivity contribution in [1.29, 1.82) is 0 Å². The first-order valence-electron chi connectivity index (χ1n) is 3.87. The predicted octanol–water partition coefficient (Wildman–Crippen LogP) is 2.02. The minimum atomic E-state index is 0. The van der Waals surface area contributed by atoms with Crippen LogP contribution in [0.25, 0.3) is 0 Å². The second-order valence-corrected chi connectivity index (χ2v) is 2.82. The molecule has 3 heteroatoms. The number of anilines is 1. The normalized spacial score (nSPS) is 14.0. The van der Waals surface area contributed by atoms with Crippen LogP contribution in [0.2, 0.25) is 0 Å². The Morgan fingerprint density at radius 3 is 3.00 bits per heavy atom. The Balaban J connectivity index is 0.000000720. The lowest BCUT2D eigenvalue weighted by Crippen LogP contribution is -2.08. The van der Waals surface area contributed by atoms with Crippen molar-refractivity contribution >= 4 is 18.1 Å². The molecule has 2 N–H and O–H groups in total. The number of hydrogen-bond acceptors (Lipinski definition) is 2. The van der Waals surface area contributed by atoms with Crippen molar-refractivity contribution in [3.63, 3.8) is 0 Å². The number of nitrogens with two attached hydrogens (primary N) is 1. The van der Waals surface area contributed by atoms with Gasteiger partial charge in [0.2, 0.25) is 0 Å². The van der Waals surface area contributed by atoms with Crippen LogP contribution in [0.15, 0.2) is 18.2 Å². The Morgan fingerprint density at radius 1 is 1.33 bits per heavy atom. The maximum Gasteiger partial charge on any atom is 0.124 e. The molecule has 1 aromatic rings. The lowest BCUT2D eigenvalue weighted by Gasteiger charge is -2.16. The highest BCUT2D eigenvalue weighted by atomic mass is 35.5. The molecule has 0 saturated carbocycles. The molecule has 1 aliphatic heterocycles. The van der Waals surface area contributed by atoms with E-state index in [9.17, 15) is 0 Å². The van der Waals surface area contributed by atoms with Crippen molar-refractivity contribution in [2.75, 3.05) is 12.3 Å². The highest BCUT2D eigenvalue weighted by Crippen LogP contribution is 2.26. The fourth-order valence-corrected chi connectivity index (χ4v) is 1.36. The molecular formula is C9H12ClNO. The van der Waals surface area contributed by atoms with E-state index in [2.05, 4.69) is 0 Å². The summed E-state index contributed by atoms with van der Waals surface area (Å²) >= 11 is 0. The number of nitrogen functional groups attached to an aromatic ring is 1. The van der Waals surface area contributed by atoms with Crippen LogP contribution < -0.4 is 10.5 Å². The quantitative estimate of drug-likeness (QED) is 0.628. The molecule has 0 saturated heterocycles. The third kappa shape index (κ3) is 1.64. The Morgan fingerprint density at radius 2 is 2.17 bits per heavy atom. The lowest BCUT2D eigenvalue weighted by atomic mass is 10.1. The molecule has 0 aromatic heterocycles. The molecule has 66 valence electrons. The van der Waals surface area contributed by atoms with Crippen LogP contribution in [0, 0.1) is 0 Å². The van der Waals surface area contributed by atoms with Crippen molar-refractivity contribution in [1.82, 2.24) is 0 Å². The molecule has 0 bridgehead atoms. The summed E-state index contributed by atoms with van der Waals surface area (Å²) in [5.74, 6) is 0.969. The third-order valence-corrected chi connectivity index (χ3v) is 1.94. The van der Waals surface area contributed by atoms with Gasteiger partial charge in [0, 0.05) is 11.8 Å². The monoisotopic (exact) mass is 185 g/mol. The van der Waals surface area contributed by atoms with Crippen molar-refractivity contribution in [2.45, 2.75) is 12.8 Å². The molecule has 0 unspecified atom stereocenters. The van der Waals surface area contributed by atoms with E-state index in [1.165, 1.54) is 5.56 Å². The number of ether oxygens (including phenoxy) is 1. The van der Waals surface area contributed by atoms with Crippen LogP contribution >= 0.6 is 12.4 Å². The molecule has 0 atom stereocenters. The van der Waals surface area contributed by atoms with Crippen LogP contribution in [0.4, 0.5) is 5.69 Å². The van der Waals surface area contributed by atoms with Gasteiger partial charge in [-0.05, 0) is 24.5 Å². The summed E-state index contributed by atoms with van der Waals surface area (Å²) in [4.78, 5) is 0. The number of hydrogen-bond donors (Lipinski definition) is 1. The molecule has 0 aliphatic carbocycles. The summed E-state index contributed by atoms with van der Waals surface area (Å²) in [5, 5.41) is 0. The first kappa shape index (κ1) is 9.20. The summed E-state index contributed by atoms with van der Waals surface area (Å²) in [6.45, 7) is 0.830. The zero-order chi connectivity index (χ0) is 7.68. The minimum absolute atomic E-state index is 0. The highest BCUT2D eigenvalue weighted by molar-refractivity contribution is 5.85. The second-order valence-electron chi connectivity index (χ2n) is 2.82. The van der Waals surface area contributed by atoms with E-state index >= 15 is 0 Å². The smallest absolute Gasteiger partial charge is 0.124 e. The van der Waals surface area contributed by atoms with Crippen LogP contribution in [0.5, 0.6) is 5.75 Å². The zero-order valence-electron chi connectivity index (χ0n) is 6.75. The van der Waals surface area contributed by atoms with Gasteiger partial charge in [0.15, 0.2) is 0 Å². The number of aryl methyl sites for hydroxylation is 1. The van der Waals surface area contributed by atoms with E-state index in [0.29, 0.717) is 0 Å². The highest BCUT2D eigenvalue weighted by Gasteiger charge is 2.08. The van der Waals surface area contributed by atoms with Gasteiger partial charge in [-0.1, -0.05) is 6.07 Å². The molecule has 1 aromatic carbocycles. The lowest BCUT2D eigenvalue weighted by molar-refractivity contribution is 0.288. The van der Waals surface area contributed by atoms with E-state index in [4.69, 9.17) is 10.5 Å². The third-order valence-electron chi connectivity index (χ3n) is 1.94. The van der Waals surface area contributed by atoms with E-state index in [-0.39, 0.29) is 12.4 Å². The summed E-state index contributed by atoms with van der Waals surface area (Å²) in [5.41, 5.74) is 7.67. The largest absolute Gasteiger partial charge is 0.493 e. The predicted molar refractivity (Wildman–Crippen MR) is 51.9 cm³/mol. The van der Waals surface area contributed by atoms with Gasteiger partial charge in [-0.3, -0.25) is 0 Å². The van der Waals surface area contributed by atoms with Crippen LogP contribution in [0.3, 0.4) is 0 Å². The standard InChI is InChI=1S/C9H11NO.ClH/c10-8-4-3-7-2-1-5-11-9(7)6-8;/h3-4,6H,1-2,5,10H2;1H. The molecular weight excluding hydrogens is 174 g/mol. The van der Waals surface area contributed by atoms with Crippen molar-refractivity contribution < 1.29 is 4.74 Å². The summed E-state index contributed by atoms with van der Waals surface area (Å²) in [7, 11) is 0. The first-order chi connectivity index (χ1) is 5.36. The van der Waals surface area contributed by atoms with E-state index in [1.807, 2.05) is 18.2 Å². The molecule has 0 amide bonds. The van der Waals surface area contributed by atoms with Gasteiger partial charge in [-0.2, -0.15) is 0 Å². The van der Waals surface area contributed by atoms with Gasteiger partial charge >= 0.3 is 0 Å². The van der Waals surface area contributed by atoms with Crippen molar-refractivity contribution in [2.24, 2.45) is 0 Å². The molecule has 1 heterocycles. The molecule has 0 spiro atoms. The fourth-order valence-electron chi connectivity index (χ4n) is 1.36. The Hall–Kier alpha value is -0.890. The average Bonchev–Trinajstić information content (AvgIpc) is 2.04. The van der Waals surface area contributed by atoms with Gasteiger partial charge in [0.1, 0.15) is 5.75 Å². The second kappa shape index (κ2) is 3.68. The molecule has 2 rings (SSSR count). The minimum Gasteiger partial charge on any atom is -0.493 e. The maximum absolute atomic E-state index is 5.60. The number of rotatable bonds is 0. The topological polar surface area (TPSA) is 35.2 Å². The van der Waals surface area contributed by atoms with Crippen LogP contribution in [0.1, 0.15) is 12.0 Å². The molecule has 1 aliphatic rings. The van der Waals surface area contributed by atoms with Gasteiger partial charge in [-0.15, -0.1) is 12.4 Å². The Bertz CT molecular complexity index is 275.